The van der Waals surface area contributed by atoms with Crippen LogP contribution in [0.3, 0.4) is 0 Å². The van der Waals surface area contributed by atoms with Gasteiger partial charge in [-0.05, 0) is 23.8 Å². The van der Waals surface area contributed by atoms with Crippen molar-refractivity contribution in [1.82, 2.24) is 0 Å². The average molecular weight is 343 g/mol. The number of halogens is 3. The van der Waals surface area contributed by atoms with Gasteiger partial charge in [-0.25, -0.2) is 0 Å². The van der Waals surface area contributed by atoms with E-state index in [1.165, 1.54) is 0 Å². The third-order valence-corrected chi connectivity index (χ3v) is 3.66. The fraction of sp³-hybridized carbons (Fsp3) is 0.0714. The Labute approximate surface area is 125 Å². The van der Waals surface area contributed by atoms with E-state index in [2.05, 4.69) is 20.9 Å². The maximum Gasteiger partial charge on any atom is 0.131 e. The van der Waals surface area contributed by atoms with E-state index < -0.39 is 0 Å². The van der Waals surface area contributed by atoms with Crippen LogP contribution in [0.15, 0.2) is 58.0 Å². The van der Waals surface area contributed by atoms with Crippen molar-refractivity contribution in [3.63, 3.8) is 0 Å². The third-order valence-electron chi connectivity index (χ3n) is 2.43. The van der Waals surface area contributed by atoms with Gasteiger partial charge in [-0.15, -0.1) is 0 Å². The lowest BCUT2D eigenvalue weighted by molar-refractivity contribution is 1.07. The van der Waals surface area contributed by atoms with Gasteiger partial charge in [0.2, 0.25) is 0 Å². The molecule has 0 aliphatic carbocycles. The van der Waals surface area contributed by atoms with E-state index in [0.717, 1.165) is 15.6 Å². The molecule has 0 aromatic heterocycles. The number of nitrogens with zero attached hydrogens (tertiary/aromatic N) is 1. The van der Waals surface area contributed by atoms with Crippen molar-refractivity contribution in [3.8, 4) is 0 Å². The molecule has 4 heteroatoms. The number of hydrogen-bond acceptors (Lipinski definition) is 1. The minimum atomic E-state index is 0.481. The van der Waals surface area contributed by atoms with Crippen LogP contribution >= 0.6 is 39.1 Å². The average Bonchev–Trinajstić information content (AvgIpc) is 2.38. The highest BCUT2D eigenvalue weighted by atomic mass is 79.9. The Bertz CT molecular complexity index is 564. The van der Waals surface area contributed by atoms with Gasteiger partial charge in [-0.1, -0.05) is 69.5 Å². The summed E-state index contributed by atoms with van der Waals surface area (Å²) in [7, 11) is 0. The van der Waals surface area contributed by atoms with Crippen LogP contribution in [0.5, 0.6) is 0 Å². The highest BCUT2D eigenvalue weighted by Gasteiger charge is 2.01. The van der Waals surface area contributed by atoms with Crippen LogP contribution in [0.25, 0.3) is 0 Å². The highest BCUT2D eigenvalue weighted by molar-refractivity contribution is 9.10. The molecule has 1 nitrogen and oxygen atoms in total. The summed E-state index contributed by atoms with van der Waals surface area (Å²) in [6.07, 6.45) is 0. The van der Waals surface area contributed by atoms with Crippen molar-refractivity contribution in [1.29, 1.82) is 0 Å². The van der Waals surface area contributed by atoms with Gasteiger partial charge >= 0.3 is 0 Å². The molecule has 0 aliphatic rings. The van der Waals surface area contributed by atoms with E-state index in [0.29, 0.717) is 16.7 Å². The fourth-order valence-electron chi connectivity index (χ4n) is 1.46. The van der Waals surface area contributed by atoms with Crippen molar-refractivity contribution < 1.29 is 0 Å². The van der Waals surface area contributed by atoms with E-state index in [-0.39, 0.29) is 0 Å². The third kappa shape index (κ3) is 3.58. The van der Waals surface area contributed by atoms with Gasteiger partial charge in [0.1, 0.15) is 5.17 Å². The molecule has 2 aromatic rings. The number of benzene rings is 2. The molecule has 2 aromatic carbocycles. The van der Waals surface area contributed by atoms with E-state index in [4.69, 9.17) is 23.2 Å². The molecular weight excluding hydrogens is 333 g/mol. The van der Waals surface area contributed by atoms with Crippen LogP contribution in [0.4, 0.5) is 0 Å². The lowest BCUT2D eigenvalue weighted by Crippen LogP contribution is -1.93. The molecule has 2 rings (SSSR count). The minimum absolute atomic E-state index is 0.481. The lowest BCUT2D eigenvalue weighted by Gasteiger charge is -2.02. The lowest BCUT2D eigenvalue weighted by atomic mass is 10.2. The zero-order chi connectivity index (χ0) is 13.0. The molecule has 0 unspecified atom stereocenters. The SMILES string of the molecule is Cl/C(=N\Cc1ccccc1Cl)c1ccc(Br)cc1. The van der Waals surface area contributed by atoms with E-state index in [1.54, 1.807) is 0 Å². The Kier molecular flexibility index (Phi) is 4.81. The Morgan fingerprint density at radius 2 is 1.72 bits per heavy atom. The van der Waals surface area contributed by atoms with Gasteiger partial charge in [-0.2, -0.15) is 0 Å². The standard InChI is InChI=1S/C14H10BrCl2N/c15-12-7-5-10(6-8-12)14(17)18-9-11-3-1-2-4-13(11)16/h1-8H,9H2/b18-14-. The van der Waals surface area contributed by atoms with Crippen molar-refractivity contribution in [2.45, 2.75) is 6.54 Å². The van der Waals surface area contributed by atoms with Crippen LogP contribution in [-0.4, -0.2) is 5.17 Å². The second kappa shape index (κ2) is 6.37. The van der Waals surface area contributed by atoms with Crippen molar-refractivity contribution >= 4 is 44.3 Å². The van der Waals surface area contributed by atoms with Crippen LogP contribution in [0.1, 0.15) is 11.1 Å². The van der Waals surface area contributed by atoms with Crippen LogP contribution in [0.2, 0.25) is 5.02 Å². The molecule has 0 radical (unpaired) electrons. The number of hydrogen-bond donors (Lipinski definition) is 0. The smallest absolute Gasteiger partial charge is 0.131 e. The summed E-state index contributed by atoms with van der Waals surface area (Å²) >= 11 is 15.6. The van der Waals surface area contributed by atoms with Gasteiger partial charge in [0.15, 0.2) is 0 Å². The molecule has 0 aliphatic heterocycles. The Morgan fingerprint density at radius 3 is 2.39 bits per heavy atom. The predicted octanol–water partition coefficient (Wildman–Crippen LogP) is 5.29. The second-order valence-corrected chi connectivity index (χ2v) is 5.39. The monoisotopic (exact) mass is 341 g/mol. The summed E-state index contributed by atoms with van der Waals surface area (Å²) in [5.74, 6) is 0. The second-order valence-electron chi connectivity index (χ2n) is 3.71. The first-order chi connectivity index (χ1) is 8.66. The molecule has 0 heterocycles. The molecule has 0 saturated carbocycles. The van der Waals surface area contributed by atoms with Crippen LogP contribution in [-0.2, 0) is 6.54 Å². The zero-order valence-corrected chi connectivity index (χ0v) is 12.5. The van der Waals surface area contributed by atoms with Gasteiger partial charge in [0, 0.05) is 15.1 Å². The van der Waals surface area contributed by atoms with Crippen molar-refractivity contribution in [3.05, 3.63) is 69.2 Å². The number of aliphatic imine (C=N–C) groups is 1. The summed E-state index contributed by atoms with van der Waals surface area (Å²) in [6.45, 7) is 0.481. The normalized spacial score (nSPS) is 11.6. The predicted molar refractivity (Wildman–Crippen MR) is 81.7 cm³/mol. The molecule has 92 valence electrons. The van der Waals surface area contributed by atoms with Crippen molar-refractivity contribution in [2.24, 2.45) is 4.99 Å². The molecule has 0 atom stereocenters. The van der Waals surface area contributed by atoms with Gasteiger partial charge < -0.3 is 0 Å². The maximum atomic E-state index is 6.15. The molecule has 0 fully saturated rings. The Hall–Kier alpha value is -0.830. The Morgan fingerprint density at radius 1 is 1.06 bits per heavy atom. The topological polar surface area (TPSA) is 12.4 Å². The highest BCUT2D eigenvalue weighted by Crippen LogP contribution is 2.17. The largest absolute Gasteiger partial charge is 0.268 e. The molecule has 0 spiro atoms. The van der Waals surface area contributed by atoms with Gasteiger partial charge in [-0.3, -0.25) is 4.99 Å². The van der Waals surface area contributed by atoms with Crippen molar-refractivity contribution in [2.75, 3.05) is 0 Å². The molecular formula is C14H10BrCl2N. The molecule has 0 N–H and O–H groups in total. The van der Waals surface area contributed by atoms with Crippen LogP contribution in [0, 0.1) is 0 Å². The summed E-state index contributed by atoms with van der Waals surface area (Å²) in [4.78, 5) is 4.34. The summed E-state index contributed by atoms with van der Waals surface area (Å²) in [6, 6.07) is 15.3. The van der Waals surface area contributed by atoms with E-state index in [1.807, 2.05) is 48.5 Å². The molecule has 0 bridgehead atoms. The van der Waals surface area contributed by atoms with Gasteiger partial charge in [0.25, 0.3) is 0 Å². The Balaban J connectivity index is 2.14. The maximum absolute atomic E-state index is 6.15. The van der Waals surface area contributed by atoms with E-state index >= 15 is 0 Å². The summed E-state index contributed by atoms with van der Waals surface area (Å²) < 4.78 is 1.02. The van der Waals surface area contributed by atoms with Gasteiger partial charge in [0.05, 0.1) is 6.54 Å². The molecule has 0 amide bonds. The quantitative estimate of drug-likeness (QED) is 0.672. The minimum Gasteiger partial charge on any atom is -0.268 e. The summed E-state index contributed by atoms with van der Waals surface area (Å²) in [5.41, 5.74) is 1.86. The van der Waals surface area contributed by atoms with Crippen LogP contribution < -0.4 is 0 Å². The first-order valence-electron chi connectivity index (χ1n) is 5.36. The zero-order valence-electron chi connectivity index (χ0n) is 9.41. The first-order valence-corrected chi connectivity index (χ1v) is 6.91. The number of rotatable bonds is 3. The van der Waals surface area contributed by atoms with E-state index in [9.17, 15) is 0 Å². The summed E-state index contributed by atoms with van der Waals surface area (Å²) in [5, 5.41) is 1.20. The first kappa shape index (κ1) is 13.6. The fourth-order valence-corrected chi connectivity index (χ4v) is 2.11. The molecule has 0 saturated heterocycles. The molecule has 18 heavy (non-hydrogen) atoms.